The van der Waals surface area contributed by atoms with Crippen LogP contribution in [0.15, 0.2) is 53.4 Å². The van der Waals surface area contributed by atoms with E-state index in [-0.39, 0.29) is 18.1 Å². The molecular formula is C20H20F3N7O3. The van der Waals surface area contributed by atoms with E-state index in [0.717, 1.165) is 29.1 Å². The molecule has 10 nitrogen and oxygen atoms in total. The Morgan fingerprint density at radius 1 is 1.24 bits per heavy atom. The lowest BCUT2D eigenvalue weighted by molar-refractivity contribution is -0.137. The summed E-state index contributed by atoms with van der Waals surface area (Å²) in [6.07, 6.45) is 0.0834. The van der Waals surface area contributed by atoms with Crippen LogP contribution in [0, 0.1) is 13.8 Å². The number of aryl methyl sites for hydroxylation is 2. The summed E-state index contributed by atoms with van der Waals surface area (Å²) in [6.45, 7) is 3.93. The predicted molar refractivity (Wildman–Crippen MR) is 111 cm³/mol. The van der Waals surface area contributed by atoms with E-state index in [1.807, 2.05) is 19.9 Å². The molecule has 0 aliphatic heterocycles. The van der Waals surface area contributed by atoms with E-state index in [4.69, 9.17) is 10.4 Å². The van der Waals surface area contributed by atoms with E-state index in [1.165, 1.54) is 6.20 Å². The summed E-state index contributed by atoms with van der Waals surface area (Å²) in [5, 5.41) is 11.2. The molecule has 0 radical (unpaired) electrons. The first-order valence-corrected chi connectivity index (χ1v) is 9.46. The van der Waals surface area contributed by atoms with Crippen molar-refractivity contribution in [3.05, 3.63) is 71.6 Å². The molecule has 174 valence electrons. The van der Waals surface area contributed by atoms with Crippen molar-refractivity contribution in [1.29, 1.82) is 0 Å². The van der Waals surface area contributed by atoms with Crippen LogP contribution >= 0.6 is 0 Å². The molecule has 0 spiro atoms. The Morgan fingerprint density at radius 3 is 2.64 bits per heavy atom. The minimum Gasteiger partial charge on any atom is -0.391 e. The quantitative estimate of drug-likeness (QED) is 0.309. The fourth-order valence-electron chi connectivity index (χ4n) is 2.86. The van der Waals surface area contributed by atoms with Gasteiger partial charge in [0, 0.05) is 23.5 Å². The highest BCUT2D eigenvalue weighted by Gasteiger charge is 2.31. The van der Waals surface area contributed by atoms with Gasteiger partial charge in [-0.1, -0.05) is 11.2 Å². The number of hydrogen-bond donors (Lipinski definition) is 4. The van der Waals surface area contributed by atoms with E-state index < -0.39 is 17.8 Å². The van der Waals surface area contributed by atoms with Crippen LogP contribution < -0.4 is 21.8 Å². The van der Waals surface area contributed by atoms with Crippen molar-refractivity contribution in [1.82, 2.24) is 25.8 Å². The number of amides is 2. The number of anilines is 1. The fourth-order valence-corrected chi connectivity index (χ4v) is 2.86. The highest BCUT2D eigenvalue weighted by Crippen LogP contribution is 2.30. The van der Waals surface area contributed by atoms with E-state index >= 15 is 0 Å². The largest absolute Gasteiger partial charge is 0.417 e. The third-order valence-corrected chi connectivity index (χ3v) is 4.35. The number of nitrogens with one attached hydrogen (secondary N) is 3. The van der Waals surface area contributed by atoms with Gasteiger partial charge >= 0.3 is 12.2 Å². The number of carbonyl (C=O) groups excluding carboxylic acids is 1. The Labute approximate surface area is 186 Å². The first-order valence-electron chi connectivity index (χ1n) is 9.46. The van der Waals surface area contributed by atoms with Crippen LogP contribution in [-0.2, 0) is 17.6 Å². The van der Waals surface area contributed by atoms with Crippen molar-refractivity contribution in [2.75, 3.05) is 5.32 Å². The summed E-state index contributed by atoms with van der Waals surface area (Å²) < 4.78 is 43.4. The summed E-state index contributed by atoms with van der Waals surface area (Å²) >= 11 is 0. The number of carbonyl (C=O) groups is 1. The molecule has 13 heteroatoms. The second-order valence-corrected chi connectivity index (χ2v) is 6.78. The normalized spacial score (nSPS) is 11.8. The summed E-state index contributed by atoms with van der Waals surface area (Å²) in [5.74, 6) is 5.65. The maximum absolute atomic E-state index is 12.7. The molecule has 0 aliphatic rings. The molecule has 3 rings (SSSR count). The Hall–Kier alpha value is -4.13. The standard InChI is InChI=1S/C20H20F3N7O3/c1-11-18(12(2)33-30-11)13-3-4-15(27-6-13)8-26-10-17(32-24)29-19(31)28-16-5-14(7-25-9-16)20(21,22)23/h3-7,9-10,26H,8,24H2,1-2H3,(H2,28,29,31)/b17-10-. The number of nitrogens with zero attached hydrogens (tertiary/aromatic N) is 3. The summed E-state index contributed by atoms with van der Waals surface area (Å²) in [5.41, 5.74) is 2.02. The van der Waals surface area contributed by atoms with Gasteiger partial charge in [0.2, 0.25) is 5.88 Å². The van der Waals surface area contributed by atoms with E-state index in [2.05, 4.69) is 35.9 Å². The minimum absolute atomic E-state index is 0.158. The molecule has 0 saturated carbocycles. The van der Waals surface area contributed by atoms with E-state index in [0.29, 0.717) is 17.7 Å². The average Bonchev–Trinajstić information content (AvgIpc) is 3.11. The van der Waals surface area contributed by atoms with Gasteiger partial charge in [-0.25, -0.2) is 4.79 Å². The van der Waals surface area contributed by atoms with Crippen LogP contribution in [-0.4, -0.2) is 21.2 Å². The van der Waals surface area contributed by atoms with Crippen LogP contribution in [0.5, 0.6) is 0 Å². The smallest absolute Gasteiger partial charge is 0.391 e. The number of aromatic nitrogens is 3. The van der Waals surface area contributed by atoms with Crippen molar-refractivity contribution in [3.63, 3.8) is 0 Å². The number of rotatable bonds is 7. The van der Waals surface area contributed by atoms with Crippen LogP contribution in [0.4, 0.5) is 23.7 Å². The number of pyridine rings is 2. The van der Waals surface area contributed by atoms with Gasteiger partial charge in [-0.2, -0.15) is 19.1 Å². The second kappa shape index (κ2) is 9.99. The van der Waals surface area contributed by atoms with Crippen molar-refractivity contribution in [2.45, 2.75) is 26.6 Å². The molecule has 0 saturated heterocycles. The Balaban J connectivity index is 1.55. The van der Waals surface area contributed by atoms with Crippen LogP contribution in [0.3, 0.4) is 0 Å². The van der Waals surface area contributed by atoms with Gasteiger partial charge < -0.3 is 20.0 Å². The van der Waals surface area contributed by atoms with E-state index in [1.54, 1.807) is 12.3 Å². The predicted octanol–water partition coefficient (Wildman–Crippen LogP) is 3.37. The van der Waals surface area contributed by atoms with Crippen LogP contribution in [0.25, 0.3) is 11.1 Å². The molecule has 0 aliphatic carbocycles. The topological polar surface area (TPSA) is 140 Å². The minimum atomic E-state index is -4.59. The molecule has 0 fully saturated rings. The van der Waals surface area contributed by atoms with Gasteiger partial charge in [0.05, 0.1) is 41.6 Å². The highest BCUT2D eigenvalue weighted by atomic mass is 19.4. The zero-order chi connectivity index (χ0) is 24.0. The average molecular weight is 463 g/mol. The Bertz CT molecular complexity index is 1130. The van der Waals surface area contributed by atoms with Gasteiger partial charge in [-0.3, -0.25) is 15.3 Å². The fraction of sp³-hybridized carbons (Fsp3) is 0.200. The third-order valence-electron chi connectivity index (χ3n) is 4.35. The van der Waals surface area contributed by atoms with Crippen molar-refractivity contribution >= 4 is 11.7 Å². The number of hydrogen-bond acceptors (Lipinski definition) is 8. The van der Waals surface area contributed by atoms with Gasteiger partial charge in [0.25, 0.3) is 0 Å². The Kier molecular flexibility index (Phi) is 7.13. The van der Waals surface area contributed by atoms with Crippen molar-refractivity contribution in [3.8, 4) is 11.1 Å². The van der Waals surface area contributed by atoms with Gasteiger partial charge in [-0.15, -0.1) is 0 Å². The highest BCUT2D eigenvalue weighted by molar-refractivity contribution is 5.90. The first-order chi connectivity index (χ1) is 15.7. The summed E-state index contributed by atoms with van der Waals surface area (Å²) in [4.78, 5) is 24.4. The Morgan fingerprint density at radius 2 is 2.03 bits per heavy atom. The lowest BCUT2D eigenvalue weighted by Crippen LogP contribution is -2.31. The molecule has 0 atom stereocenters. The lowest BCUT2D eigenvalue weighted by Gasteiger charge is -2.11. The van der Waals surface area contributed by atoms with E-state index in [9.17, 15) is 18.0 Å². The zero-order valence-corrected chi connectivity index (χ0v) is 17.5. The number of nitrogens with two attached hydrogens (primary N) is 1. The molecule has 3 heterocycles. The van der Waals surface area contributed by atoms with Gasteiger partial charge in [-0.05, 0) is 26.0 Å². The molecule has 3 aromatic heterocycles. The first kappa shape index (κ1) is 23.5. The maximum Gasteiger partial charge on any atom is 0.417 e. The molecule has 0 unspecified atom stereocenters. The molecule has 5 N–H and O–H groups in total. The van der Waals surface area contributed by atoms with Crippen LogP contribution in [0.1, 0.15) is 22.7 Å². The molecule has 2 amide bonds. The SMILES string of the molecule is Cc1noc(C)c1-c1ccc(CN/C=C(/NC(=O)Nc2cncc(C(F)(F)F)c2)ON)nc1. The van der Waals surface area contributed by atoms with Crippen molar-refractivity contribution < 1.29 is 27.3 Å². The summed E-state index contributed by atoms with van der Waals surface area (Å²) in [7, 11) is 0. The van der Waals surface area contributed by atoms with Crippen LogP contribution in [0.2, 0.25) is 0 Å². The molecular weight excluding hydrogens is 443 g/mol. The third kappa shape index (κ3) is 6.20. The zero-order valence-electron chi connectivity index (χ0n) is 17.5. The molecule has 0 bridgehead atoms. The second-order valence-electron chi connectivity index (χ2n) is 6.78. The van der Waals surface area contributed by atoms with Crippen molar-refractivity contribution in [2.24, 2.45) is 5.90 Å². The monoisotopic (exact) mass is 463 g/mol. The molecule has 3 aromatic rings. The van der Waals surface area contributed by atoms with Gasteiger partial charge in [0.15, 0.2) is 0 Å². The summed E-state index contributed by atoms with van der Waals surface area (Å²) in [6, 6.07) is 3.54. The number of alkyl halides is 3. The maximum atomic E-state index is 12.7. The molecule has 0 aromatic carbocycles. The number of urea groups is 1. The lowest BCUT2D eigenvalue weighted by atomic mass is 10.1. The molecule has 33 heavy (non-hydrogen) atoms. The number of halogens is 3. The van der Waals surface area contributed by atoms with Gasteiger partial charge in [0.1, 0.15) is 5.76 Å².